The van der Waals surface area contributed by atoms with Gasteiger partial charge in [0.25, 0.3) is 0 Å². The van der Waals surface area contributed by atoms with E-state index in [1.807, 2.05) is 6.20 Å². The molecule has 1 N–H and O–H groups in total. The lowest BCUT2D eigenvalue weighted by molar-refractivity contribution is 0.837. The summed E-state index contributed by atoms with van der Waals surface area (Å²) in [6.45, 7) is 8.82. The van der Waals surface area contributed by atoms with Crippen molar-refractivity contribution in [1.82, 2.24) is 9.97 Å². The monoisotopic (exact) mass is 262 g/mol. The van der Waals surface area contributed by atoms with E-state index in [0.717, 1.165) is 5.69 Å². The Morgan fingerprint density at radius 1 is 1.06 bits per heavy atom. The molecule has 2 nitrogen and oxygen atoms in total. The Bertz CT molecular complexity index is 515. The van der Waals surface area contributed by atoms with Crippen molar-refractivity contribution < 1.29 is 0 Å². The Hall–Kier alpha value is -1.28. The van der Waals surface area contributed by atoms with Crippen molar-refractivity contribution in [2.24, 2.45) is 0 Å². The van der Waals surface area contributed by atoms with Gasteiger partial charge in [0.2, 0.25) is 5.28 Å². The normalized spacial score (nSPS) is 11.5. The van der Waals surface area contributed by atoms with Gasteiger partial charge >= 0.3 is 0 Å². The third kappa shape index (κ3) is 2.44. The molecule has 1 heterocycles. The number of rotatable bonds is 3. The summed E-state index contributed by atoms with van der Waals surface area (Å²) in [6, 6.07) is 6.48. The third-order valence-electron chi connectivity index (χ3n) is 3.18. The summed E-state index contributed by atoms with van der Waals surface area (Å²) in [5.41, 5.74) is 4.81. The summed E-state index contributed by atoms with van der Waals surface area (Å²) in [6.07, 6.45) is 1.88. The molecule has 1 aromatic carbocycles. The molecule has 3 heteroatoms. The molecule has 2 aromatic rings. The number of nitrogens with zero attached hydrogens (tertiary/aromatic N) is 1. The molecule has 96 valence electrons. The first-order valence-corrected chi connectivity index (χ1v) is 6.72. The van der Waals surface area contributed by atoms with Gasteiger partial charge in [0.15, 0.2) is 0 Å². The van der Waals surface area contributed by atoms with Gasteiger partial charge in [0.1, 0.15) is 0 Å². The summed E-state index contributed by atoms with van der Waals surface area (Å²) < 4.78 is 0. The average Bonchev–Trinajstić information content (AvgIpc) is 2.74. The van der Waals surface area contributed by atoms with Gasteiger partial charge < -0.3 is 4.98 Å². The zero-order valence-electron chi connectivity index (χ0n) is 11.3. The molecule has 0 aliphatic rings. The maximum atomic E-state index is 5.91. The predicted octanol–water partition coefficient (Wildman–Crippen LogP) is 4.98. The van der Waals surface area contributed by atoms with Gasteiger partial charge in [-0.2, -0.15) is 0 Å². The number of aromatic nitrogens is 2. The van der Waals surface area contributed by atoms with Crippen LogP contribution in [0, 0.1) is 0 Å². The van der Waals surface area contributed by atoms with Crippen molar-refractivity contribution >= 4 is 11.6 Å². The number of aromatic amines is 1. The van der Waals surface area contributed by atoms with E-state index in [4.69, 9.17) is 11.6 Å². The van der Waals surface area contributed by atoms with Crippen LogP contribution in [0.3, 0.4) is 0 Å². The standard InChI is InChI=1S/C15H19ClN2/c1-9(2)11-6-5-7-12(10(3)4)14(11)13-8-17-15(16)18-13/h5-10H,1-4H3,(H,17,18). The first-order valence-electron chi connectivity index (χ1n) is 6.34. The smallest absolute Gasteiger partial charge is 0.200 e. The number of halogens is 1. The maximum Gasteiger partial charge on any atom is 0.200 e. The van der Waals surface area contributed by atoms with E-state index in [2.05, 4.69) is 55.9 Å². The highest BCUT2D eigenvalue weighted by Crippen LogP contribution is 2.35. The molecule has 0 unspecified atom stereocenters. The van der Waals surface area contributed by atoms with E-state index < -0.39 is 0 Å². The van der Waals surface area contributed by atoms with Crippen LogP contribution in [0.2, 0.25) is 5.28 Å². The van der Waals surface area contributed by atoms with Crippen LogP contribution in [0.25, 0.3) is 11.3 Å². The Balaban J connectivity index is 2.68. The molecule has 0 aliphatic carbocycles. The molecule has 1 aromatic heterocycles. The summed E-state index contributed by atoms with van der Waals surface area (Å²) >= 11 is 5.91. The molecule has 0 saturated heterocycles. The average molecular weight is 263 g/mol. The van der Waals surface area contributed by atoms with Gasteiger partial charge in [-0.3, -0.25) is 0 Å². The molecule has 0 radical (unpaired) electrons. The lowest BCUT2D eigenvalue weighted by Gasteiger charge is -2.18. The van der Waals surface area contributed by atoms with E-state index in [1.165, 1.54) is 16.7 Å². The molecule has 0 spiro atoms. The highest BCUT2D eigenvalue weighted by Gasteiger charge is 2.17. The second kappa shape index (κ2) is 5.15. The Kier molecular flexibility index (Phi) is 3.76. The lowest BCUT2D eigenvalue weighted by atomic mass is 9.87. The fourth-order valence-electron chi connectivity index (χ4n) is 2.27. The van der Waals surface area contributed by atoms with Crippen molar-refractivity contribution in [3.63, 3.8) is 0 Å². The van der Waals surface area contributed by atoms with Gasteiger partial charge in [-0.1, -0.05) is 45.9 Å². The number of nitrogens with one attached hydrogen (secondary N) is 1. The molecule has 2 rings (SSSR count). The number of H-pyrrole nitrogens is 1. The first-order chi connectivity index (χ1) is 8.50. The van der Waals surface area contributed by atoms with Gasteiger partial charge in [-0.15, -0.1) is 0 Å². The highest BCUT2D eigenvalue weighted by atomic mass is 35.5. The molecular formula is C15H19ClN2. The fourth-order valence-corrected chi connectivity index (χ4v) is 2.42. The molecule has 0 fully saturated rings. The molecular weight excluding hydrogens is 244 g/mol. The van der Waals surface area contributed by atoms with Crippen LogP contribution < -0.4 is 0 Å². The zero-order chi connectivity index (χ0) is 13.3. The topological polar surface area (TPSA) is 28.7 Å². The summed E-state index contributed by atoms with van der Waals surface area (Å²) in [7, 11) is 0. The van der Waals surface area contributed by atoms with Crippen molar-refractivity contribution in [3.05, 3.63) is 40.8 Å². The van der Waals surface area contributed by atoms with Crippen LogP contribution in [0.1, 0.15) is 50.7 Å². The number of hydrogen-bond acceptors (Lipinski definition) is 1. The lowest BCUT2D eigenvalue weighted by Crippen LogP contribution is -1.99. The van der Waals surface area contributed by atoms with Gasteiger partial charge in [-0.05, 0) is 34.6 Å². The Labute approximate surface area is 113 Å². The second-order valence-electron chi connectivity index (χ2n) is 5.20. The van der Waals surface area contributed by atoms with Crippen molar-refractivity contribution in [2.45, 2.75) is 39.5 Å². The molecule has 0 atom stereocenters. The molecule has 0 aliphatic heterocycles. The molecule has 18 heavy (non-hydrogen) atoms. The number of hydrogen-bond donors (Lipinski definition) is 1. The minimum Gasteiger partial charge on any atom is -0.335 e. The van der Waals surface area contributed by atoms with Crippen LogP contribution in [-0.2, 0) is 0 Å². The van der Waals surface area contributed by atoms with Crippen molar-refractivity contribution in [3.8, 4) is 11.3 Å². The van der Waals surface area contributed by atoms with E-state index in [1.54, 1.807) is 0 Å². The van der Waals surface area contributed by atoms with Crippen LogP contribution in [0.15, 0.2) is 24.4 Å². The van der Waals surface area contributed by atoms with E-state index in [9.17, 15) is 0 Å². The van der Waals surface area contributed by atoms with Gasteiger partial charge in [0.05, 0.1) is 5.69 Å². The van der Waals surface area contributed by atoms with Crippen LogP contribution >= 0.6 is 11.6 Å². The van der Waals surface area contributed by atoms with Crippen LogP contribution in [-0.4, -0.2) is 9.97 Å². The molecule has 0 saturated carbocycles. The molecule has 0 bridgehead atoms. The van der Waals surface area contributed by atoms with Gasteiger partial charge in [-0.25, -0.2) is 4.98 Å². The van der Waals surface area contributed by atoms with E-state index in [0.29, 0.717) is 17.1 Å². The predicted molar refractivity (Wildman–Crippen MR) is 77.2 cm³/mol. The Morgan fingerprint density at radius 3 is 2.00 bits per heavy atom. The van der Waals surface area contributed by atoms with Crippen molar-refractivity contribution in [2.75, 3.05) is 0 Å². The maximum absolute atomic E-state index is 5.91. The first kappa shape index (κ1) is 13.2. The fraction of sp³-hybridized carbons (Fsp3) is 0.400. The number of benzene rings is 1. The van der Waals surface area contributed by atoms with Crippen LogP contribution in [0.5, 0.6) is 0 Å². The zero-order valence-corrected chi connectivity index (χ0v) is 12.0. The minimum absolute atomic E-state index is 0.443. The second-order valence-corrected chi connectivity index (χ2v) is 5.56. The van der Waals surface area contributed by atoms with Crippen LogP contribution in [0.4, 0.5) is 0 Å². The van der Waals surface area contributed by atoms with Crippen molar-refractivity contribution in [1.29, 1.82) is 0 Å². The Morgan fingerprint density at radius 2 is 1.61 bits per heavy atom. The number of imidazole rings is 1. The quantitative estimate of drug-likeness (QED) is 0.831. The summed E-state index contributed by atoms with van der Waals surface area (Å²) in [5.74, 6) is 0.934. The minimum atomic E-state index is 0.443. The summed E-state index contributed by atoms with van der Waals surface area (Å²) in [4.78, 5) is 7.33. The highest BCUT2D eigenvalue weighted by molar-refractivity contribution is 6.28. The SMILES string of the molecule is CC(C)c1cccc(C(C)C)c1-c1c[nH]c(Cl)n1. The van der Waals surface area contributed by atoms with Gasteiger partial charge in [0, 0.05) is 11.8 Å². The van der Waals surface area contributed by atoms with E-state index in [-0.39, 0.29) is 0 Å². The van der Waals surface area contributed by atoms with E-state index >= 15 is 0 Å². The third-order valence-corrected chi connectivity index (χ3v) is 3.37. The largest absolute Gasteiger partial charge is 0.335 e. The molecule has 0 amide bonds. The summed E-state index contributed by atoms with van der Waals surface area (Å²) in [5, 5.41) is 0.443.